The van der Waals surface area contributed by atoms with Crippen molar-refractivity contribution in [1.82, 2.24) is 29.8 Å². The van der Waals surface area contributed by atoms with Gasteiger partial charge in [-0.05, 0) is 71.0 Å². The monoisotopic (exact) mass is 730 g/mol. The lowest BCUT2D eigenvalue weighted by Gasteiger charge is -2.36. The summed E-state index contributed by atoms with van der Waals surface area (Å²) in [5.41, 5.74) is 5.29. The number of aryl methyl sites for hydroxylation is 1. The third-order valence-corrected chi connectivity index (χ3v) is 9.98. The molecule has 9 nitrogen and oxygen atoms in total. The fourth-order valence-corrected chi connectivity index (χ4v) is 7.42. The highest BCUT2D eigenvalue weighted by Gasteiger charge is 2.42. The first-order valence-corrected chi connectivity index (χ1v) is 18.9. The molecule has 55 heavy (non-hydrogen) atoms. The Morgan fingerprint density at radius 1 is 0.727 bits per heavy atom. The number of aliphatic hydroxyl groups is 1. The first kappa shape index (κ1) is 37.1. The number of ether oxygens (including phenoxy) is 1. The molecule has 1 N–H and O–H groups in total. The summed E-state index contributed by atoms with van der Waals surface area (Å²) in [4.78, 5) is 18.2. The number of imidazole rings is 1. The molecular weight excluding hydrogens is 685 g/mol. The van der Waals surface area contributed by atoms with E-state index >= 15 is 0 Å². The molecule has 0 saturated carbocycles. The highest BCUT2D eigenvalue weighted by Crippen LogP contribution is 2.43. The summed E-state index contributed by atoms with van der Waals surface area (Å²) in [5.74, 6) is 0.881. The first-order valence-electron chi connectivity index (χ1n) is 18.9. The van der Waals surface area contributed by atoms with Crippen molar-refractivity contribution in [1.29, 1.82) is 0 Å². The van der Waals surface area contributed by atoms with Crippen molar-refractivity contribution in [2.75, 3.05) is 6.61 Å². The maximum atomic E-state index is 13.4. The highest BCUT2D eigenvalue weighted by molar-refractivity contribution is 5.89. The number of unbranched alkanes of at least 4 members (excludes halogenated alkanes) is 1. The van der Waals surface area contributed by atoms with Gasteiger partial charge >= 0.3 is 5.97 Å². The third-order valence-electron chi connectivity index (χ3n) is 9.98. The summed E-state index contributed by atoms with van der Waals surface area (Å²) in [6, 6.07) is 47.6. The molecule has 2 aromatic heterocycles. The predicted molar refractivity (Wildman–Crippen MR) is 214 cm³/mol. The predicted octanol–water partition coefficient (Wildman–Crippen LogP) is 8.84. The van der Waals surface area contributed by atoms with Crippen LogP contribution in [0.3, 0.4) is 0 Å². The molecule has 0 aliphatic rings. The van der Waals surface area contributed by atoms with Crippen LogP contribution in [0.1, 0.15) is 84.8 Å². The van der Waals surface area contributed by atoms with E-state index in [1.807, 2.05) is 76.0 Å². The lowest BCUT2D eigenvalue weighted by Crippen LogP contribution is -2.39. The molecule has 0 aliphatic heterocycles. The third kappa shape index (κ3) is 7.23. The molecule has 7 rings (SSSR count). The van der Waals surface area contributed by atoms with Crippen LogP contribution in [0.2, 0.25) is 0 Å². The molecule has 0 amide bonds. The lowest BCUT2D eigenvalue weighted by molar-refractivity contribution is 0.0469. The molecule has 278 valence electrons. The van der Waals surface area contributed by atoms with Crippen LogP contribution in [-0.2, 0) is 28.8 Å². The summed E-state index contributed by atoms with van der Waals surface area (Å²) >= 11 is 0. The van der Waals surface area contributed by atoms with Crippen LogP contribution in [0, 0.1) is 0 Å². The normalized spacial score (nSPS) is 11.8. The number of carbonyl (C=O) groups excluding carboxylic acids is 1. The van der Waals surface area contributed by atoms with Crippen LogP contribution in [-0.4, -0.2) is 47.4 Å². The van der Waals surface area contributed by atoms with E-state index in [-0.39, 0.29) is 6.61 Å². The Bertz CT molecular complexity index is 2250. The second-order valence-corrected chi connectivity index (χ2v) is 14.2. The average Bonchev–Trinajstić information content (AvgIpc) is 3.85. The van der Waals surface area contributed by atoms with Crippen LogP contribution in [0.25, 0.3) is 22.5 Å². The number of esters is 1. The number of carbonyl (C=O) groups is 1. The molecule has 7 aromatic rings. The van der Waals surface area contributed by atoms with Gasteiger partial charge in [-0.15, -0.1) is 5.10 Å². The van der Waals surface area contributed by atoms with Crippen molar-refractivity contribution in [3.05, 3.63) is 179 Å². The van der Waals surface area contributed by atoms with E-state index in [2.05, 4.69) is 84.9 Å². The van der Waals surface area contributed by atoms with Crippen molar-refractivity contribution >= 4 is 5.97 Å². The molecule has 0 bridgehead atoms. The Hall–Kier alpha value is -6.19. The van der Waals surface area contributed by atoms with Gasteiger partial charge < -0.3 is 14.4 Å². The number of nitrogens with zero attached hydrogens (tertiary/aromatic N) is 6. The van der Waals surface area contributed by atoms with Crippen molar-refractivity contribution < 1.29 is 14.6 Å². The van der Waals surface area contributed by atoms with E-state index in [1.165, 1.54) is 0 Å². The van der Waals surface area contributed by atoms with Crippen LogP contribution in [0.5, 0.6) is 0 Å². The van der Waals surface area contributed by atoms with Crippen molar-refractivity contribution in [2.24, 2.45) is 0 Å². The van der Waals surface area contributed by atoms with E-state index in [0.717, 1.165) is 57.6 Å². The molecule has 0 atom stereocenters. The maximum absolute atomic E-state index is 13.4. The lowest BCUT2D eigenvalue weighted by atomic mass is 9.77. The number of rotatable bonds is 14. The molecule has 0 spiro atoms. The minimum Gasteiger partial charge on any atom is -0.461 e. The zero-order chi connectivity index (χ0) is 38.4. The zero-order valence-electron chi connectivity index (χ0n) is 31.8. The molecular formula is C46H46N6O3. The van der Waals surface area contributed by atoms with Gasteiger partial charge in [-0.2, -0.15) is 0 Å². The molecule has 0 radical (unpaired) electrons. The van der Waals surface area contributed by atoms with Crippen molar-refractivity contribution in [2.45, 2.75) is 64.6 Å². The minimum absolute atomic E-state index is 0.222. The van der Waals surface area contributed by atoms with Crippen LogP contribution in [0.15, 0.2) is 140 Å². The number of benzene rings is 5. The van der Waals surface area contributed by atoms with Gasteiger partial charge in [0.1, 0.15) is 22.7 Å². The summed E-state index contributed by atoms with van der Waals surface area (Å²) in [5, 5.41) is 24.8. The van der Waals surface area contributed by atoms with Gasteiger partial charge in [0.25, 0.3) is 0 Å². The van der Waals surface area contributed by atoms with Gasteiger partial charge in [0, 0.05) is 18.5 Å². The molecule has 2 heterocycles. The van der Waals surface area contributed by atoms with Gasteiger partial charge in [-0.25, -0.2) is 14.5 Å². The SMILES string of the molecule is CCCCc1nc(C(C)(C)O)c(C(=O)OCC)n1Cc1ccc(-c2ccccc2-c2nnnn2C(c2ccccc2)(c2ccccc2)c2ccccc2)cc1. The maximum Gasteiger partial charge on any atom is 0.357 e. The quantitative estimate of drug-likeness (QED) is 0.0880. The standard InChI is InChI=1S/C46H46N6O3/c1-5-7-27-40-47-42(45(3,4)54)41(44(53)55-6-2)51(40)32-33-28-30-34(31-29-33)38-25-17-18-26-39(38)43-48-49-50-52(43)46(35-19-11-8-12-20-35,36-21-13-9-14-22-36)37-23-15-10-16-24-37/h8-26,28-31,54H,5-7,27,32H2,1-4H3. The number of hydrogen-bond acceptors (Lipinski definition) is 7. The summed E-state index contributed by atoms with van der Waals surface area (Å²) in [7, 11) is 0. The number of hydrogen-bond donors (Lipinski definition) is 1. The van der Waals surface area contributed by atoms with Crippen molar-refractivity contribution in [3.63, 3.8) is 0 Å². The molecule has 0 unspecified atom stereocenters. The van der Waals surface area contributed by atoms with Crippen molar-refractivity contribution in [3.8, 4) is 22.5 Å². The van der Waals surface area contributed by atoms with Gasteiger partial charge in [0.15, 0.2) is 11.5 Å². The van der Waals surface area contributed by atoms with Gasteiger partial charge in [0.2, 0.25) is 0 Å². The van der Waals surface area contributed by atoms with Crippen LogP contribution < -0.4 is 0 Å². The summed E-state index contributed by atoms with van der Waals surface area (Å²) in [6.45, 7) is 7.82. The Kier molecular flexibility index (Phi) is 10.8. The fourth-order valence-electron chi connectivity index (χ4n) is 7.42. The smallest absolute Gasteiger partial charge is 0.357 e. The largest absolute Gasteiger partial charge is 0.461 e. The highest BCUT2D eigenvalue weighted by atomic mass is 16.5. The molecule has 0 saturated heterocycles. The Balaban J connectivity index is 1.33. The minimum atomic E-state index is -1.32. The second-order valence-electron chi connectivity index (χ2n) is 14.2. The van der Waals surface area contributed by atoms with Gasteiger partial charge in [-0.3, -0.25) is 0 Å². The second kappa shape index (κ2) is 16.0. The van der Waals surface area contributed by atoms with E-state index in [9.17, 15) is 9.90 Å². The van der Waals surface area contributed by atoms with E-state index in [1.54, 1.807) is 20.8 Å². The molecule has 0 aliphatic carbocycles. The number of aromatic nitrogens is 6. The topological polar surface area (TPSA) is 108 Å². The Morgan fingerprint density at radius 2 is 1.27 bits per heavy atom. The van der Waals surface area contributed by atoms with Crippen LogP contribution >= 0.6 is 0 Å². The van der Waals surface area contributed by atoms with Gasteiger partial charge in [0.05, 0.1) is 6.61 Å². The first-order chi connectivity index (χ1) is 26.8. The van der Waals surface area contributed by atoms with Crippen LogP contribution in [0.4, 0.5) is 0 Å². The fraction of sp³-hybridized carbons (Fsp3) is 0.239. The Labute approximate surface area is 322 Å². The molecule has 0 fully saturated rings. The van der Waals surface area contributed by atoms with E-state index in [4.69, 9.17) is 20.0 Å². The molecule has 5 aromatic carbocycles. The number of tetrazole rings is 1. The average molecular weight is 731 g/mol. The van der Waals surface area contributed by atoms with E-state index in [0.29, 0.717) is 30.2 Å². The summed E-state index contributed by atoms with van der Waals surface area (Å²) < 4.78 is 9.34. The van der Waals surface area contributed by atoms with E-state index < -0.39 is 17.1 Å². The summed E-state index contributed by atoms with van der Waals surface area (Å²) in [6.07, 6.45) is 2.55. The molecule has 9 heteroatoms. The zero-order valence-corrected chi connectivity index (χ0v) is 31.8. The van der Waals surface area contributed by atoms with Gasteiger partial charge in [-0.1, -0.05) is 153 Å². The Morgan fingerprint density at radius 3 is 1.80 bits per heavy atom.